The second-order valence-electron chi connectivity index (χ2n) is 3.60. The molecule has 0 aromatic carbocycles. The number of hydrogen-bond donors (Lipinski definition) is 3. The average molecular weight is 199 g/mol. The van der Waals surface area contributed by atoms with Gasteiger partial charge in [-0.25, -0.2) is 4.79 Å². The summed E-state index contributed by atoms with van der Waals surface area (Å²) in [5.41, 5.74) is 4.95. The molecule has 0 saturated heterocycles. The first-order valence-electron chi connectivity index (χ1n) is 5.01. The number of amides is 3. The molecule has 1 aliphatic rings. The van der Waals surface area contributed by atoms with Gasteiger partial charge in [-0.15, -0.1) is 0 Å². The lowest BCUT2D eigenvalue weighted by molar-refractivity contribution is -0.118. The molecule has 5 nitrogen and oxygen atoms in total. The van der Waals surface area contributed by atoms with Gasteiger partial charge in [0.05, 0.1) is 0 Å². The smallest absolute Gasteiger partial charge is 0.315 e. The quantitative estimate of drug-likeness (QED) is 0.549. The summed E-state index contributed by atoms with van der Waals surface area (Å²) in [6.45, 7) is 0.501. The third-order valence-corrected chi connectivity index (χ3v) is 2.33. The summed E-state index contributed by atoms with van der Waals surface area (Å²) in [4.78, 5) is 21.5. The maximum Gasteiger partial charge on any atom is 0.315 e. The van der Waals surface area contributed by atoms with Crippen molar-refractivity contribution in [3.05, 3.63) is 0 Å². The van der Waals surface area contributed by atoms with Gasteiger partial charge in [-0.05, 0) is 25.7 Å². The van der Waals surface area contributed by atoms with Crippen LogP contribution in [0.1, 0.15) is 32.1 Å². The van der Waals surface area contributed by atoms with Crippen molar-refractivity contribution in [1.82, 2.24) is 10.6 Å². The molecule has 0 bridgehead atoms. The van der Waals surface area contributed by atoms with Crippen LogP contribution >= 0.6 is 0 Å². The fourth-order valence-corrected chi connectivity index (χ4v) is 1.25. The highest BCUT2D eigenvalue weighted by Crippen LogP contribution is 2.17. The molecule has 0 radical (unpaired) electrons. The van der Waals surface area contributed by atoms with Crippen LogP contribution in [0.15, 0.2) is 0 Å². The van der Waals surface area contributed by atoms with Crippen LogP contribution in [-0.4, -0.2) is 24.5 Å². The largest absolute Gasteiger partial charge is 0.370 e. The van der Waals surface area contributed by atoms with E-state index in [0.29, 0.717) is 25.4 Å². The molecule has 1 rings (SSSR count). The van der Waals surface area contributed by atoms with Crippen molar-refractivity contribution in [3.63, 3.8) is 0 Å². The van der Waals surface area contributed by atoms with Crippen molar-refractivity contribution in [1.29, 1.82) is 0 Å². The number of carbonyl (C=O) groups excluding carboxylic acids is 2. The van der Waals surface area contributed by atoms with Crippen molar-refractivity contribution in [3.8, 4) is 0 Å². The van der Waals surface area contributed by atoms with Crippen molar-refractivity contribution in [2.45, 2.75) is 38.1 Å². The average Bonchev–Trinajstić information content (AvgIpc) is 2.05. The number of nitrogens with two attached hydrogens (primary N) is 1. The summed E-state index contributed by atoms with van der Waals surface area (Å²) in [6.07, 6.45) is 4.28. The van der Waals surface area contributed by atoms with Crippen LogP contribution in [0.2, 0.25) is 0 Å². The van der Waals surface area contributed by atoms with E-state index in [-0.39, 0.29) is 11.9 Å². The predicted octanol–water partition coefficient (Wildman–Crippen LogP) is 0.104. The number of nitrogens with one attached hydrogen (secondary N) is 2. The van der Waals surface area contributed by atoms with Gasteiger partial charge in [-0.3, -0.25) is 4.79 Å². The summed E-state index contributed by atoms with van der Waals surface area (Å²) in [6, 6.07) is 0.213. The number of urea groups is 1. The molecule has 1 fully saturated rings. The van der Waals surface area contributed by atoms with Gasteiger partial charge in [-0.2, -0.15) is 0 Å². The van der Waals surface area contributed by atoms with Gasteiger partial charge in [-0.1, -0.05) is 0 Å². The Balaban J connectivity index is 1.94. The van der Waals surface area contributed by atoms with Crippen LogP contribution in [-0.2, 0) is 4.79 Å². The molecule has 5 heteroatoms. The van der Waals surface area contributed by atoms with Gasteiger partial charge >= 0.3 is 6.03 Å². The van der Waals surface area contributed by atoms with E-state index < -0.39 is 0 Å². The molecule has 0 heterocycles. The van der Waals surface area contributed by atoms with Gasteiger partial charge in [0.2, 0.25) is 5.91 Å². The fraction of sp³-hybridized carbons (Fsp3) is 0.778. The Kier molecular flexibility index (Phi) is 4.22. The molecule has 0 atom stereocenters. The van der Waals surface area contributed by atoms with Gasteiger partial charge in [0.15, 0.2) is 0 Å². The minimum absolute atomic E-state index is 0.140. The van der Waals surface area contributed by atoms with E-state index >= 15 is 0 Å². The van der Waals surface area contributed by atoms with E-state index in [9.17, 15) is 9.59 Å². The lowest BCUT2D eigenvalue weighted by atomic mass is 9.93. The summed E-state index contributed by atoms with van der Waals surface area (Å²) in [5.74, 6) is -0.328. The van der Waals surface area contributed by atoms with E-state index in [4.69, 9.17) is 5.73 Å². The number of hydrogen-bond acceptors (Lipinski definition) is 2. The Morgan fingerprint density at radius 1 is 1.36 bits per heavy atom. The number of primary amides is 1. The molecule has 1 aliphatic carbocycles. The first-order valence-corrected chi connectivity index (χ1v) is 5.01. The number of carbonyl (C=O) groups is 2. The highest BCUT2D eigenvalue weighted by atomic mass is 16.2. The molecule has 0 aromatic rings. The van der Waals surface area contributed by atoms with Crippen molar-refractivity contribution >= 4 is 11.9 Å². The van der Waals surface area contributed by atoms with Crippen LogP contribution in [0.5, 0.6) is 0 Å². The second kappa shape index (κ2) is 5.47. The normalized spacial score (nSPS) is 15.7. The van der Waals surface area contributed by atoms with Crippen LogP contribution in [0.25, 0.3) is 0 Å². The molecule has 80 valence electrons. The predicted molar refractivity (Wildman–Crippen MR) is 52.6 cm³/mol. The molecule has 0 aliphatic heterocycles. The zero-order valence-electron chi connectivity index (χ0n) is 8.21. The van der Waals surface area contributed by atoms with E-state index in [1.807, 2.05) is 0 Å². The SMILES string of the molecule is NC(=O)CCCNC(=O)NC1CCC1. The van der Waals surface area contributed by atoms with Crippen molar-refractivity contribution in [2.24, 2.45) is 5.73 Å². The molecule has 14 heavy (non-hydrogen) atoms. The van der Waals surface area contributed by atoms with Crippen molar-refractivity contribution < 1.29 is 9.59 Å². The standard InChI is InChI=1S/C9H17N3O2/c10-8(13)5-2-6-11-9(14)12-7-3-1-4-7/h7H,1-6H2,(H2,10,13)(H2,11,12,14). The summed E-state index contributed by atoms with van der Waals surface area (Å²) in [7, 11) is 0. The molecule has 0 aromatic heterocycles. The second-order valence-corrected chi connectivity index (χ2v) is 3.60. The van der Waals surface area contributed by atoms with Gasteiger partial charge < -0.3 is 16.4 Å². The Morgan fingerprint density at radius 2 is 2.07 bits per heavy atom. The Hall–Kier alpha value is -1.26. The van der Waals surface area contributed by atoms with Crippen LogP contribution in [0.3, 0.4) is 0 Å². The minimum Gasteiger partial charge on any atom is -0.370 e. The minimum atomic E-state index is -0.328. The topological polar surface area (TPSA) is 84.2 Å². The maximum atomic E-state index is 11.2. The zero-order chi connectivity index (χ0) is 10.4. The maximum absolute atomic E-state index is 11.2. The van der Waals surface area contributed by atoms with E-state index in [0.717, 1.165) is 12.8 Å². The van der Waals surface area contributed by atoms with E-state index in [2.05, 4.69) is 10.6 Å². The highest BCUT2D eigenvalue weighted by Gasteiger charge is 2.18. The molecule has 0 spiro atoms. The fourth-order valence-electron chi connectivity index (χ4n) is 1.25. The molecular formula is C9H17N3O2. The Labute approximate surface area is 83.4 Å². The molecule has 1 saturated carbocycles. The number of rotatable bonds is 5. The first-order chi connectivity index (χ1) is 6.68. The van der Waals surface area contributed by atoms with E-state index in [1.165, 1.54) is 6.42 Å². The molecule has 3 amide bonds. The van der Waals surface area contributed by atoms with E-state index in [1.54, 1.807) is 0 Å². The summed E-state index contributed by atoms with van der Waals surface area (Å²) in [5, 5.41) is 5.52. The Morgan fingerprint density at radius 3 is 2.57 bits per heavy atom. The summed E-state index contributed by atoms with van der Waals surface area (Å²) >= 11 is 0. The van der Waals surface area contributed by atoms with Crippen LogP contribution in [0.4, 0.5) is 4.79 Å². The van der Waals surface area contributed by atoms with Crippen LogP contribution in [0, 0.1) is 0 Å². The molecule has 4 N–H and O–H groups in total. The molecule has 0 unspecified atom stereocenters. The zero-order valence-corrected chi connectivity index (χ0v) is 8.21. The Bertz CT molecular complexity index is 214. The van der Waals surface area contributed by atoms with Gasteiger partial charge in [0.1, 0.15) is 0 Å². The lowest BCUT2D eigenvalue weighted by Gasteiger charge is -2.26. The monoisotopic (exact) mass is 199 g/mol. The van der Waals surface area contributed by atoms with Gasteiger partial charge in [0, 0.05) is 19.0 Å². The summed E-state index contributed by atoms with van der Waals surface area (Å²) < 4.78 is 0. The third kappa shape index (κ3) is 4.11. The lowest BCUT2D eigenvalue weighted by Crippen LogP contribution is -2.45. The highest BCUT2D eigenvalue weighted by molar-refractivity contribution is 5.75. The molecular weight excluding hydrogens is 182 g/mol. The first kappa shape index (κ1) is 10.8. The van der Waals surface area contributed by atoms with Crippen LogP contribution < -0.4 is 16.4 Å². The van der Waals surface area contributed by atoms with Gasteiger partial charge in [0.25, 0.3) is 0 Å². The van der Waals surface area contributed by atoms with Crippen molar-refractivity contribution in [2.75, 3.05) is 6.54 Å². The third-order valence-electron chi connectivity index (χ3n) is 2.33.